The molecule has 4 rings (SSSR count). The summed E-state index contributed by atoms with van der Waals surface area (Å²) in [6, 6.07) is 7.58. The van der Waals surface area contributed by atoms with Crippen LogP contribution in [0.4, 0.5) is 0 Å². The molecule has 9 nitrogen and oxygen atoms in total. The molecule has 0 aliphatic carbocycles. The minimum Gasteiger partial charge on any atom is -0.497 e. The zero-order valence-electron chi connectivity index (χ0n) is 17.4. The van der Waals surface area contributed by atoms with Gasteiger partial charge in [-0.15, -0.1) is 0 Å². The Morgan fingerprint density at radius 2 is 2.00 bits per heavy atom. The Morgan fingerprint density at radius 1 is 1.30 bits per heavy atom. The van der Waals surface area contributed by atoms with Gasteiger partial charge in [0, 0.05) is 19.5 Å². The highest BCUT2D eigenvalue weighted by molar-refractivity contribution is 7.93. The number of hydrogen-bond donors (Lipinski definition) is 0. The molecular weight excluding hydrogens is 408 g/mol. The van der Waals surface area contributed by atoms with Crippen LogP contribution in [0, 0.1) is 0 Å². The Morgan fingerprint density at radius 3 is 2.63 bits per heavy atom. The second kappa shape index (κ2) is 7.66. The molecule has 1 atom stereocenters. The number of aromatic nitrogens is 2. The van der Waals surface area contributed by atoms with Gasteiger partial charge in [-0.05, 0) is 38.2 Å². The van der Waals surface area contributed by atoms with Crippen molar-refractivity contribution in [2.45, 2.75) is 23.5 Å². The molecular formula is C20H26N4O5S. The smallest absolute Gasteiger partial charge is 0.236 e. The lowest BCUT2D eigenvalue weighted by Gasteiger charge is -2.49. The van der Waals surface area contributed by atoms with E-state index in [1.54, 1.807) is 16.9 Å². The zero-order chi connectivity index (χ0) is 21.5. The summed E-state index contributed by atoms with van der Waals surface area (Å²) in [7, 11) is 1.89. The summed E-state index contributed by atoms with van der Waals surface area (Å²) < 4.78 is 35.3. The van der Waals surface area contributed by atoms with Crippen molar-refractivity contribution in [1.82, 2.24) is 19.9 Å². The standard InChI is InChI=1S/C20H26N4O5S/c1-23(2)11-18(25)24-12-20(13-24)16(8-9-30(20,26)27)19-21-17(22-29-19)10-14-4-6-15(28-3)7-5-14/h4-7,16H,8-13H2,1-3H3. The highest BCUT2D eigenvalue weighted by atomic mass is 32.2. The molecule has 2 aliphatic heterocycles. The van der Waals surface area contributed by atoms with E-state index in [1.807, 2.05) is 38.4 Å². The maximum Gasteiger partial charge on any atom is 0.236 e. The van der Waals surface area contributed by atoms with Gasteiger partial charge >= 0.3 is 0 Å². The van der Waals surface area contributed by atoms with Gasteiger partial charge in [0.05, 0.1) is 25.3 Å². The number of ether oxygens (including phenoxy) is 1. The fraction of sp³-hybridized carbons (Fsp3) is 0.550. The normalized spacial score (nSPS) is 21.7. The lowest BCUT2D eigenvalue weighted by Crippen LogP contribution is -2.68. The Bertz CT molecular complexity index is 1030. The third-order valence-electron chi connectivity index (χ3n) is 5.95. The number of nitrogens with zero attached hydrogens (tertiary/aromatic N) is 4. The molecule has 1 unspecified atom stereocenters. The number of amides is 1. The van der Waals surface area contributed by atoms with Gasteiger partial charge < -0.3 is 19.1 Å². The molecule has 2 aliphatic rings. The molecule has 0 saturated carbocycles. The molecule has 0 radical (unpaired) electrons. The first-order valence-electron chi connectivity index (χ1n) is 9.84. The van der Waals surface area contributed by atoms with E-state index >= 15 is 0 Å². The summed E-state index contributed by atoms with van der Waals surface area (Å²) in [5.41, 5.74) is 1.00. The molecule has 2 aromatic rings. The van der Waals surface area contributed by atoms with Gasteiger partial charge in [-0.25, -0.2) is 8.42 Å². The lowest BCUT2D eigenvalue weighted by molar-refractivity contribution is -0.137. The number of sulfone groups is 1. The van der Waals surface area contributed by atoms with Gasteiger partial charge in [-0.3, -0.25) is 4.79 Å². The van der Waals surface area contributed by atoms with E-state index in [9.17, 15) is 13.2 Å². The van der Waals surface area contributed by atoms with Crippen molar-refractivity contribution in [2.75, 3.05) is 46.6 Å². The Balaban J connectivity index is 1.50. The predicted octanol–water partition coefficient (Wildman–Crippen LogP) is 0.714. The number of benzene rings is 1. The van der Waals surface area contributed by atoms with Gasteiger partial charge in [0.15, 0.2) is 15.7 Å². The molecule has 10 heteroatoms. The van der Waals surface area contributed by atoms with Crippen molar-refractivity contribution >= 4 is 15.7 Å². The average Bonchev–Trinajstić information content (AvgIpc) is 3.21. The van der Waals surface area contributed by atoms with Crippen LogP contribution >= 0.6 is 0 Å². The molecule has 3 heterocycles. The number of methoxy groups -OCH3 is 1. The summed E-state index contributed by atoms with van der Waals surface area (Å²) in [5, 5.41) is 4.06. The minimum atomic E-state index is -3.35. The minimum absolute atomic E-state index is 0.0720. The Kier molecular flexibility index (Phi) is 5.31. The monoisotopic (exact) mass is 434 g/mol. The van der Waals surface area contributed by atoms with Crippen LogP contribution in [0.15, 0.2) is 28.8 Å². The summed E-state index contributed by atoms with van der Waals surface area (Å²) in [6.45, 7) is 0.624. The summed E-state index contributed by atoms with van der Waals surface area (Å²) in [6.07, 6.45) is 0.912. The van der Waals surface area contributed by atoms with Gasteiger partial charge in [0.25, 0.3) is 0 Å². The van der Waals surface area contributed by atoms with Crippen LogP contribution in [0.25, 0.3) is 0 Å². The summed E-state index contributed by atoms with van der Waals surface area (Å²) in [5.74, 6) is 1.24. The van der Waals surface area contributed by atoms with E-state index in [4.69, 9.17) is 9.26 Å². The number of rotatable bonds is 6. The van der Waals surface area contributed by atoms with Gasteiger partial charge in [0.1, 0.15) is 10.5 Å². The third kappa shape index (κ3) is 3.58. The number of likely N-dealkylation sites (tertiary alicyclic amines) is 1. The average molecular weight is 435 g/mol. The fourth-order valence-electron chi connectivity index (χ4n) is 4.28. The maximum atomic E-state index is 12.8. The Labute approximate surface area is 175 Å². The van der Waals surface area contributed by atoms with E-state index in [0.717, 1.165) is 11.3 Å². The van der Waals surface area contributed by atoms with Crippen molar-refractivity contribution in [3.63, 3.8) is 0 Å². The van der Waals surface area contributed by atoms with Crippen LogP contribution in [0.5, 0.6) is 5.75 Å². The van der Waals surface area contributed by atoms with Gasteiger partial charge in [-0.1, -0.05) is 17.3 Å². The van der Waals surface area contributed by atoms with Crippen molar-refractivity contribution in [3.05, 3.63) is 41.5 Å². The highest BCUT2D eigenvalue weighted by Crippen LogP contribution is 2.49. The van der Waals surface area contributed by atoms with E-state index < -0.39 is 14.6 Å². The largest absolute Gasteiger partial charge is 0.497 e. The van der Waals surface area contributed by atoms with Crippen LogP contribution in [0.3, 0.4) is 0 Å². The van der Waals surface area contributed by atoms with Crippen molar-refractivity contribution in [2.24, 2.45) is 0 Å². The fourth-order valence-corrected chi connectivity index (χ4v) is 6.58. The van der Waals surface area contributed by atoms with Crippen molar-refractivity contribution < 1.29 is 22.5 Å². The number of carbonyl (C=O) groups is 1. The first-order chi connectivity index (χ1) is 14.2. The van der Waals surface area contributed by atoms with E-state index in [2.05, 4.69) is 10.1 Å². The van der Waals surface area contributed by atoms with Crippen LogP contribution in [0.1, 0.15) is 29.6 Å². The number of likely N-dealkylation sites (N-methyl/N-ethyl adjacent to an activating group) is 1. The van der Waals surface area contributed by atoms with Crippen LogP contribution in [0.2, 0.25) is 0 Å². The van der Waals surface area contributed by atoms with Crippen LogP contribution < -0.4 is 4.74 Å². The van der Waals surface area contributed by atoms with Gasteiger partial charge in [-0.2, -0.15) is 4.98 Å². The topological polar surface area (TPSA) is 106 Å². The van der Waals surface area contributed by atoms with Crippen molar-refractivity contribution in [3.8, 4) is 5.75 Å². The molecule has 30 heavy (non-hydrogen) atoms. The summed E-state index contributed by atoms with van der Waals surface area (Å²) >= 11 is 0. The first-order valence-corrected chi connectivity index (χ1v) is 11.5. The molecule has 1 spiro atoms. The summed E-state index contributed by atoms with van der Waals surface area (Å²) in [4.78, 5) is 20.2. The molecule has 0 N–H and O–H groups in total. The van der Waals surface area contributed by atoms with Gasteiger partial charge in [0.2, 0.25) is 11.8 Å². The van der Waals surface area contributed by atoms with Crippen molar-refractivity contribution in [1.29, 1.82) is 0 Å². The Hall–Kier alpha value is -2.46. The van der Waals surface area contributed by atoms with E-state index in [-0.39, 0.29) is 37.2 Å². The van der Waals surface area contributed by atoms with E-state index in [1.165, 1.54) is 0 Å². The lowest BCUT2D eigenvalue weighted by atomic mass is 9.83. The van der Waals surface area contributed by atoms with Crippen LogP contribution in [-0.2, 0) is 21.1 Å². The van der Waals surface area contributed by atoms with E-state index in [0.29, 0.717) is 24.6 Å². The predicted molar refractivity (Wildman–Crippen MR) is 109 cm³/mol. The molecule has 2 saturated heterocycles. The first kappa shape index (κ1) is 20.8. The second-order valence-electron chi connectivity index (χ2n) is 8.29. The van der Waals surface area contributed by atoms with Crippen LogP contribution in [-0.4, -0.2) is 85.6 Å². The SMILES string of the molecule is COc1ccc(Cc2noc(C3CCS(=O)(=O)C34CN(C(=O)CN(C)C)C4)n2)cc1. The second-order valence-corrected chi connectivity index (χ2v) is 10.7. The molecule has 2 fully saturated rings. The molecule has 162 valence electrons. The quantitative estimate of drug-likeness (QED) is 0.655. The molecule has 1 aromatic carbocycles. The molecule has 1 aromatic heterocycles. The third-order valence-corrected chi connectivity index (χ3v) is 8.51. The molecule has 1 amide bonds. The molecule has 0 bridgehead atoms. The zero-order valence-corrected chi connectivity index (χ0v) is 18.2. The highest BCUT2D eigenvalue weighted by Gasteiger charge is 2.64. The number of hydrogen-bond acceptors (Lipinski definition) is 8. The number of carbonyl (C=O) groups excluding carboxylic acids is 1. The maximum absolute atomic E-state index is 12.8.